The molecule has 0 aromatic carbocycles. The Balaban J connectivity index is 2.74. The van der Waals surface area contributed by atoms with Crippen LogP contribution in [0.3, 0.4) is 0 Å². The second-order valence-corrected chi connectivity index (χ2v) is 5.32. The molecule has 17 heavy (non-hydrogen) atoms. The van der Waals surface area contributed by atoms with E-state index in [-0.39, 0.29) is 11.9 Å². The van der Waals surface area contributed by atoms with Crippen LogP contribution < -0.4 is 5.32 Å². The molecule has 1 rings (SSSR count). The molecular formula is C11H20N4OS. The normalized spacial score (nSPS) is 12.6. The summed E-state index contributed by atoms with van der Waals surface area (Å²) in [7, 11) is 1.81. The summed E-state index contributed by atoms with van der Waals surface area (Å²) in [5.41, 5.74) is 0. The van der Waals surface area contributed by atoms with E-state index in [1.54, 1.807) is 11.9 Å². The molecule has 1 amide bonds. The van der Waals surface area contributed by atoms with E-state index in [9.17, 15) is 4.79 Å². The van der Waals surface area contributed by atoms with Crippen LogP contribution in [-0.2, 0) is 0 Å². The van der Waals surface area contributed by atoms with Crippen LogP contribution >= 0.6 is 11.3 Å². The summed E-state index contributed by atoms with van der Waals surface area (Å²) < 4.78 is 0. The van der Waals surface area contributed by atoms with Gasteiger partial charge in [-0.25, -0.2) is 0 Å². The molecule has 0 aliphatic rings. The Morgan fingerprint density at radius 1 is 1.41 bits per heavy atom. The molecule has 0 fully saturated rings. The fourth-order valence-corrected chi connectivity index (χ4v) is 2.11. The van der Waals surface area contributed by atoms with E-state index in [4.69, 9.17) is 0 Å². The Hall–Kier alpha value is -1.17. The summed E-state index contributed by atoms with van der Waals surface area (Å²) in [6.07, 6.45) is 0. The maximum Gasteiger partial charge on any atom is 0.284 e. The minimum Gasteiger partial charge on any atom is -0.360 e. The topological polar surface area (TPSA) is 58.1 Å². The number of nitrogens with zero attached hydrogens (tertiary/aromatic N) is 3. The Labute approximate surface area is 106 Å². The van der Waals surface area contributed by atoms with Gasteiger partial charge >= 0.3 is 0 Å². The van der Waals surface area contributed by atoms with Crippen LogP contribution in [-0.4, -0.2) is 40.6 Å². The predicted molar refractivity (Wildman–Crippen MR) is 70.5 cm³/mol. The monoisotopic (exact) mass is 256 g/mol. The first-order valence-electron chi connectivity index (χ1n) is 5.81. The van der Waals surface area contributed by atoms with Crippen molar-refractivity contribution in [1.29, 1.82) is 0 Å². The van der Waals surface area contributed by atoms with E-state index in [0.29, 0.717) is 16.1 Å². The SMILES string of the molecule is CCNc1nnc(C(=O)N(C)C(C)C(C)C)s1. The summed E-state index contributed by atoms with van der Waals surface area (Å²) in [6.45, 7) is 8.99. The van der Waals surface area contributed by atoms with Gasteiger partial charge in [0.2, 0.25) is 10.1 Å². The summed E-state index contributed by atoms with van der Waals surface area (Å²) >= 11 is 1.30. The Bertz CT molecular complexity index is 377. The van der Waals surface area contributed by atoms with Crippen molar-refractivity contribution < 1.29 is 4.79 Å². The predicted octanol–water partition coefficient (Wildman–Crippen LogP) is 2.09. The molecule has 1 atom stereocenters. The van der Waals surface area contributed by atoms with Gasteiger partial charge in [-0.2, -0.15) is 0 Å². The van der Waals surface area contributed by atoms with Crippen LogP contribution in [0.5, 0.6) is 0 Å². The second kappa shape index (κ2) is 5.95. The van der Waals surface area contributed by atoms with Crippen molar-refractivity contribution >= 4 is 22.4 Å². The zero-order valence-corrected chi connectivity index (χ0v) is 11.8. The molecule has 0 radical (unpaired) electrons. The summed E-state index contributed by atoms with van der Waals surface area (Å²) in [6, 6.07) is 0.189. The van der Waals surface area contributed by atoms with E-state index in [1.807, 2.05) is 13.8 Å². The van der Waals surface area contributed by atoms with Crippen LogP contribution in [0.1, 0.15) is 37.5 Å². The van der Waals surface area contributed by atoms with E-state index in [2.05, 4.69) is 29.4 Å². The van der Waals surface area contributed by atoms with Gasteiger partial charge in [0.25, 0.3) is 5.91 Å². The highest BCUT2D eigenvalue weighted by Crippen LogP contribution is 2.18. The van der Waals surface area contributed by atoms with E-state index < -0.39 is 0 Å². The Morgan fingerprint density at radius 2 is 2.06 bits per heavy atom. The summed E-state index contributed by atoms with van der Waals surface area (Å²) in [4.78, 5) is 13.8. The third kappa shape index (κ3) is 3.39. The van der Waals surface area contributed by atoms with Gasteiger partial charge in [0.15, 0.2) is 0 Å². The van der Waals surface area contributed by atoms with Crippen LogP contribution in [0.25, 0.3) is 0 Å². The molecule has 0 aliphatic carbocycles. The van der Waals surface area contributed by atoms with Crippen molar-refractivity contribution in [2.24, 2.45) is 5.92 Å². The standard InChI is InChI=1S/C11H20N4OS/c1-6-12-11-14-13-9(17-11)10(16)15(5)8(4)7(2)3/h7-8H,6H2,1-5H3,(H,12,14). The molecule has 96 valence electrons. The first-order chi connectivity index (χ1) is 7.97. The highest BCUT2D eigenvalue weighted by molar-refractivity contribution is 7.17. The minimum absolute atomic E-state index is 0.0622. The lowest BCUT2D eigenvalue weighted by Gasteiger charge is -2.26. The number of aromatic nitrogens is 2. The van der Waals surface area contributed by atoms with Gasteiger partial charge < -0.3 is 10.2 Å². The molecule has 0 saturated heterocycles. The third-order valence-corrected chi connectivity index (χ3v) is 3.70. The van der Waals surface area contributed by atoms with E-state index in [0.717, 1.165) is 6.54 Å². The fraction of sp³-hybridized carbons (Fsp3) is 0.727. The number of rotatable bonds is 5. The van der Waals surface area contributed by atoms with E-state index in [1.165, 1.54) is 11.3 Å². The van der Waals surface area contributed by atoms with Gasteiger partial charge in [0, 0.05) is 19.6 Å². The van der Waals surface area contributed by atoms with Gasteiger partial charge in [-0.3, -0.25) is 4.79 Å². The molecule has 1 aromatic heterocycles. The van der Waals surface area contributed by atoms with Crippen LogP contribution in [0.4, 0.5) is 5.13 Å². The summed E-state index contributed by atoms with van der Waals surface area (Å²) in [5.74, 6) is 0.359. The molecule has 1 heterocycles. The number of carbonyl (C=O) groups is 1. The van der Waals surface area contributed by atoms with Crippen molar-refractivity contribution in [3.05, 3.63) is 5.01 Å². The number of anilines is 1. The smallest absolute Gasteiger partial charge is 0.284 e. The fourth-order valence-electron chi connectivity index (χ4n) is 1.32. The second-order valence-electron chi connectivity index (χ2n) is 4.34. The van der Waals surface area contributed by atoms with Gasteiger partial charge in [-0.05, 0) is 19.8 Å². The molecule has 1 N–H and O–H groups in total. The molecular weight excluding hydrogens is 236 g/mol. The molecule has 0 aliphatic heterocycles. The average molecular weight is 256 g/mol. The molecule has 1 unspecified atom stereocenters. The van der Waals surface area contributed by atoms with Gasteiger partial charge in [-0.1, -0.05) is 25.2 Å². The maximum atomic E-state index is 12.1. The van der Waals surface area contributed by atoms with Crippen molar-refractivity contribution in [3.63, 3.8) is 0 Å². The number of amides is 1. The molecule has 5 nitrogen and oxygen atoms in total. The molecule has 6 heteroatoms. The van der Waals surface area contributed by atoms with Crippen LogP contribution in [0, 0.1) is 5.92 Å². The van der Waals surface area contributed by atoms with Gasteiger partial charge in [-0.15, -0.1) is 10.2 Å². The highest BCUT2D eigenvalue weighted by Gasteiger charge is 2.22. The first-order valence-corrected chi connectivity index (χ1v) is 6.63. The number of carbonyl (C=O) groups excluding carboxylic acids is 1. The Morgan fingerprint density at radius 3 is 2.59 bits per heavy atom. The van der Waals surface area contributed by atoms with E-state index >= 15 is 0 Å². The van der Waals surface area contributed by atoms with Gasteiger partial charge in [0.05, 0.1) is 0 Å². The van der Waals surface area contributed by atoms with Crippen molar-refractivity contribution in [2.45, 2.75) is 33.7 Å². The lowest BCUT2D eigenvalue weighted by molar-refractivity contribution is 0.0706. The summed E-state index contributed by atoms with van der Waals surface area (Å²) in [5, 5.41) is 12.0. The third-order valence-electron chi connectivity index (χ3n) is 2.83. The average Bonchev–Trinajstić information content (AvgIpc) is 2.75. The first kappa shape index (κ1) is 13.9. The van der Waals surface area contributed by atoms with Crippen LogP contribution in [0.2, 0.25) is 0 Å². The van der Waals surface area contributed by atoms with Gasteiger partial charge in [0.1, 0.15) is 0 Å². The largest absolute Gasteiger partial charge is 0.360 e. The zero-order chi connectivity index (χ0) is 13.0. The maximum absolute atomic E-state index is 12.1. The lowest BCUT2D eigenvalue weighted by atomic mass is 10.1. The number of nitrogens with one attached hydrogen (secondary N) is 1. The molecule has 0 saturated carbocycles. The Kier molecular flexibility index (Phi) is 4.86. The number of hydrogen-bond acceptors (Lipinski definition) is 5. The molecule has 0 bridgehead atoms. The molecule has 0 spiro atoms. The lowest BCUT2D eigenvalue weighted by Crippen LogP contribution is -2.38. The minimum atomic E-state index is -0.0622. The van der Waals surface area contributed by atoms with Crippen molar-refractivity contribution in [1.82, 2.24) is 15.1 Å². The van der Waals surface area contributed by atoms with Crippen molar-refractivity contribution in [2.75, 3.05) is 18.9 Å². The number of hydrogen-bond donors (Lipinski definition) is 1. The highest BCUT2D eigenvalue weighted by atomic mass is 32.1. The van der Waals surface area contributed by atoms with Crippen LogP contribution in [0.15, 0.2) is 0 Å². The quantitative estimate of drug-likeness (QED) is 0.876. The zero-order valence-electron chi connectivity index (χ0n) is 11.0. The molecule has 1 aromatic rings. The van der Waals surface area contributed by atoms with Crippen molar-refractivity contribution in [3.8, 4) is 0 Å².